The van der Waals surface area contributed by atoms with E-state index < -0.39 is 35.8 Å². The summed E-state index contributed by atoms with van der Waals surface area (Å²) in [6.07, 6.45) is -5.82. The number of hydrogen-bond acceptors (Lipinski definition) is 5. The minimum absolute atomic E-state index is 0.0244. The third-order valence-electron chi connectivity index (χ3n) is 3.77. The lowest BCUT2D eigenvalue weighted by molar-refractivity contribution is -0.274. The number of nitrogens with one attached hydrogen (secondary N) is 1. The monoisotopic (exact) mass is 439 g/mol. The average molecular weight is 439 g/mol. The van der Waals surface area contributed by atoms with Crippen LogP contribution in [0.3, 0.4) is 0 Å². The molecule has 0 fully saturated rings. The van der Waals surface area contributed by atoms with Gasteiger partial charge in [0.25, 0.3) is 0 Å². The zero-order valence-corrected chi connectivity index (χ0v) is 17.4. The number of carbonyl (C=O) groups excluding carboxylic acids is 2. The van der Waals surface area contributed by atoms with Crippen molar-refractivity contribution in [2.45, 2.75) is 51.8 Å². The van der Waals surface area contributed by atoms with Crippen molar-refractivity contribution in [3.63, 3.8) is 0 Å². The van der Waals surface area contributed by atoms with Gasteiger partial charge in [0.2, 0.25) is 0 Å². The minimum Gasteiger partial charge on any atom is -0.459 e. The molecule has 6 nitrogen and oxygen atoms in total. The number of rotatable bonds is 7. The molecular formula is C22H24F3NO5. The van der Waals surface area contributed by atoms with Crippen LogP contribution in [0.5, 0.6) is 5.75 Å². The molecule has 0 radical (unpaired) electrons. The number of alkyl halides is 3. The number of ether oxygens (including phenoxy) is 3. The second-order valence-electron chi connectivity index (χ2n) is 7.69. The predicted octanol–water partition coefficient (Wildman–Crippen LogP) is 4.76. The van der Waals surface area contributed by atoms with Crippen molar-refractivity contribution >= 4 is 12.1 Å². The first-order chi connectivity index (χ1) is 14.4. The maximum Gasteiger partial charge on any atom is 0.573 e. The van der Waals surface area contributed by atoms with Crippen molar-refractivity contribution < 1.29 is 37.0 Å². The Bertz CT molecular complexity index is 879. The van der Waals surface area contributed by atoms with Gasteiger partial charge in [-0.3, -0.25) is 0 Å². The molecule has 0 aromatic heterocycles. The first kappa shape index (κ1) is 24.0. The quantitative estimate of drug-likeness (QED) is 0.630. The topological polar surface area (TPSA) is 73.9 Å². The molecule has 0 saturated carbocycles. The van der Waals surface area contributed by atoms with Gasteiger partial charge < -0.3 is 19.5 Å². The minimum atomic E-state index is -4.85. The summed E-state index contributed by atoms with van der Waals surface area (Å²) in [5.74, 6) is -1.18. The van der Waals surface area contributed by atoms with Crippen molar-refractivity contribution in [1.82, 2.24) is 5.32 Å². The Morgan fingerprint density at radius 3 is 2.23 bits per heavy atom. The van der Waals surface area contributed by atoms with Gasteiger partial charge in [0.1, 0.15) is 24.0 Å². The molecule has 2 aromatic rings. The Balaban J connectivity index is 2.13. The summed E-state index contributed by atoms with van der Waals surface area (Å²) in [7, 11) is 0. The van der Waals surface area contributed by atoms with Gasteiger partial charge >= 0.3 is 18.4 Å². The number of carbonyl (C=O) groups is 2. The van der Waals surface area contributed by atoms with E-state index >= 15 is 0 Å². The van der Waals surface area contributed by atoms with Crippen LogP contribution in [0.2, 0.25) is 0 Å². The lowest BCUT2D eigenvalue weighted by Crippen LogP contribution is -2.45. The van der Waals surface area contributed by atoms with Crippen molar-refractivity contribution in [2.75, 3.05) is 0 Å². The molecule has 168 valence electrons. The standard InChI is InChI=1S/C22H24F3NO5/c1-21(2,3)31-20(28)26-18(19(27)29-14-15-8-5-4-6-9-15)13-16-10-7-11-17(12-16)30-22(23,24)25/h4-12,18H,13-14H2,1-3H3,(H,26,28)/t18-/m0/s1. The van der Waals surface area contributed by atoms with Gasteiger partial charge in [0.05, 0.1) is 0 Å². The zero-order chi connectivity index (χ0) is 23.1. The van der Waals surface area contributed by atoms with E-state index in [9.17, 15) is 22.8 Å². The normalized spacial score (nSPS) is 12.6. The molecule has 1 amide bonds. The van der Waals surface area contributed by atoms with Crippen LogP contribution in [0.4, 0.5) is 18.0 Å². The number of benzene rings is 2. The van der Waals surface area contributed by atoms with Gasteiger partial charge in [-0.25, -0.2) is 9.59 Å². The molecular weight excluding hydrogens is 415 g/mol. The third kappa shape index (κ3) is 9.41. The molecule has 0 unspecified atom stereocenters. The van der Waals surface area contributed by atoms with Gasteiger partial charge in [-0.1, -0.05) is 42.5 Å². The smallest absolute Gasteiger partial charge is 0.459 e. The van der Waals surface area contributed by atoms with Gasteiger partial charge in [0.15, 0.2) is 0 Å². The zero-order valence-electron chi connectivity index (χ0n) is 17.4. The molecule has 0 heterocycles. The lowest BCUT2D eigenvalue weighted by Gasteiger charge is -2.23. The van der Waals surface area contributed by atoms with E-state index in [1.807, 2.05) is 6.07 Å². The number of hydrogen-bond donors (Lipinski definition) is 1. The van der Waals surface area contributed by atoms with E-state index in [4.69, 9.17) is 9.47 Å². The summed E-state index contributed by atoms with van der Waals surface area (Å²) in [5, 5.41) is 2.43. The molecule has 0 aliphatic heterocycles. The first-order valence-corrected chi connectivity index (χ1v) is 9.46. The van der Waals surface area contributed by atoms with Crippen LogP contribution in [-0.2, 0) is 27.3 Å². The van der Waals surface area contributed by atoms with E-state index in [2.05, 4.69) is 10.1 Å². The van der Waals surface area contributed by atoms with E-state index in [0.717, 1.165) is 17.7 Å². The number of esters is 1. The van der Waals surface area contributed by atoms with E-state index in [0.29, 0.717) is 5.56 Å². The highest BCUT2D eigenvalue weighted by Crippen LogP contribution is 2.24. The van der Waals surface area contributed by atoms with Gasteiger partial charge in [0, 0.05) is 6.42 Å². The Morgan fingerprint density at radius 2 is 1.61 bits per heavy atom. The van der Waals surface area contributed by atoms with Crippen molar-refractivity contribution in [3.8, 4) is 5.75 Å². The molecule has 31 heavy (non-hydrogen) atoms. The molecule has 9 heteroatoms. The summed E-state index contributed by atoms with van der Waals surface area (Å²) in [6.45, 7) is 4.96. The molecule has 0 saturated heterocycles. The van der Waals surface area contributed by atoms with E-state index in [1.54, 1.807) is 45.0 Å². The molecule has 1 atom stereocenters. The van der Waals surface area contributed by atoms with Crippen LogP contribution in [0, 0.1) is 0 Å². The number of halogens is 3. The molecule has 0 aliphatic carbocycles. The second-order valence-corrected chi connectivity index (χ2v) is 7.69. The van der Waals surface area contributed by atoms with Crippen LogP contribution < -0.4 is 10.1 Å². The molecule has 1 N–H and O–H groups in total. The Labute approximate surface area is 178 Å². The predicted molar refractivity (Wildman–Crippen MR) is 106 cm³/mol. The summed E-state index contributed by atoms with van der Waals surface area (Å²) in [4.78, 5) is 24.8. The second kappa shape index (κ2) is 10.2. The maximum atomic E-state index is 12.6. The van der Waals surface area contributed by atoms with Crippen LogP contribution in [-0.4, -0.2) is 30.1 Å². The first-order valence-electron chi connectivity index (χ1n) is 9.46. The largest absolute Gasteiger partial charge is 0.573 e. The van der Waals surface area contributed by atoms with Crippen molar-refractivity contribution in [3.05, 3.63) is 65.7 Å². The molecule has 0 bridgehead atoms. The SMILES string of the molecule is CC(C)(C)OC(=O)N[C@@H](Cc1cccc(OC(F)(F)F)c1)C(=O)OCc1ccccc1. The fourth-order valence-corrected chi connectivity index (χ4v) is 2.58. The highest BCUT2D eigenvalue weighted by Gasteiger charge is 2.31. The van der Waals surface area contributed by atoms with Crippen molar-refractivity contribution in [1.29, 1.82) is 0 Å². The summed E-state index contributed by atoms with van der Waals surface area (Å²) < 4.78 is 51.8. The van der Waals surface area contributed by atoms with Gasteiger partial charge in [-0.15, -0.1) is 13.2 Å². The van der Waals surface area contributed by atoms with Crippen LogP contribution in [0.1, 0.15) is 31.9 Å². The fraction of sp³-hybridized carbons (Fsp3) is 0.364. The Morgan fingerprint density at radius 1 is 0.968 bits per heavy atom. The van der Waals surface area contributed by atoms with Gasteiger partial charge in [-0.2, -0.15) is 0 Å². The lowest BCUT2D eigenvalue weighted by atomic mass is 10.1. The van der Waals surface area contributed by atoms with Crippen LogP contribution >= 0.6 is 0 Å². The fourth-order valence-electron chi connectivity index (χ4n) is 2.58. The Kier molecular flexibility index (Phi) is 7.90. The number of alkyl carbamates (subject to hydrolysis) is 1. The van der Waals surface area contributed by atoms with Crippen LogP contribution in [0.15, 0.2) is 54.6 Å². The molecule has 0 spiro atoms. The van der Waals surface area contributed by atoms with Crippen LogP contribution in [0.25, 0.3) is 0 Å². The molecule has 2 rings (SSSR count). The maximum absolute atomic E-state index is 12.6. The van der Waals surface area contributed by atoms with E-state index in [-0.39, 0.29) is 13.0 Å². The molecule has 0 aliphatic rings. The number of amides is 1. The van der Waals surface area contributed by atoms with Crippen molar-refractivity contribution in [2.24, 2.45) is 0 Å². The summed E-state index contributed by atoms with van der Waals surface area (Å²) in [6, 6.07) is 12.9. The highest BCUT2D eigenvalue weighted by molar-refractivity contribution is 5.81. The third-order valence-corrected chi connectivity index (χ3v) is 3.77. The average Bonchev–Trinajstić information content (AvgIpc) is 2.64. The van der Waals surface area contributed by atoms with Gasteiger partial charge in [-0.05, 0) is 44.0 Å². The Hall–Kier alpha value is -3.23. The van der Waals surface area contributed by atoms with E-state index in [1.165, 1.54) is 12.1 Å². The summed E-state index contributed by atoms with van der Waals surface area (Å²) in [5.41, 5.74) is 0.273. The highest BCUT2D eigenvalue weighted by atomic mass is 19.4. The summed E-state index contributed by atoms with van der Waals surface area (Å²) >= 11 is 0. The molecule has 2 aromatic carbocycles.